The summed E-state index contributed by atoms with van der Waals surface area (Å²) in [6.07, 6.45) is -0.0829. The Morgan fingerprint density at radius 3 is 2.59 bits per heavy atom. The smallest absolute Gasteiger partial charge is 0.354 e. The van der Waals surface area contributed by atoms with Gasteiger partial charge in [-0.3, -0.25) is 4.72 Å². The number of nitrogens with zero attached hydrogens (tertiary/aromatic N) is 4. The fraction of sp³-hybridized carbons (Fsp3) is 0.529. The van der Waals surface area contributed by atoms with Crippen LogP contribution in [0.1, 0.15) is 38.3 Å². The van der Waals surface area contributed by atoms with Gasteiger partial charge in [-0.05, 0) is 37.3 Å². The Morgan fingerprint density at radius 1 is 1.11 bits per heavy atom. The molecule has 0 unspecified atom stereocenters. The molecule has 2 heterocycles. The maximum absolute atomic E-state index is 13.0. The van der Waals surface area contributed by atoms with Gasteiger partial charge in [0.1, 0.15) is 11.4 Å². The molecule has 0 amide bonds. The van der Waals surface area contributed by atoms with Gasteiger partial charge in [0.2, 0.25) is 11.9 Å². The second-order valence-corrected chi connectivity index (χ2v) is 7.24. The highest BCUT2D eigenvalue weighted by atomic mass is 32.2. The van der Waals surface area contributed by atoms with Crippen LogP contribution in [0.5, 0.6) is 0 Å². The molecule has 6 nitrogen and oxygen atoms in total. The molecule has 27 heavy (non-hydrogen) atoms. The molecular weight excluding hydrogens is 377 g/mol. The molecule has 2 N–H and O–H groups in total. The number of halogens is 3. The van der Waals surface area contributed by atoms with Crippen LogP contribution in [0.4, 0.5) is 25.1 Å². The highest BCUT2D eigenvalue weighted by Crippen LogP contribution is 2.30. The summed E-state index contributed by atoms with van der Waals surface area (Å²) >= 11 is 1.46. The van der Waals surface area contributed by atoms with Crippen molar-refractivity contribution in [3.8, 4) is 11.5 Å². The maximum atomic E-state index is 13.0. The zero-order chi connectivity index (χ0) is 19.3. The number of aromatic nitrogens is 4. The van der Waals surface area contributed by atoms with Crippen LogP contribution in [0, 0.1) is 5.92 Å². The van der Waals surface area contributed by atoms with E-state index in [9.17, 15) is 13.2 Å². The van der Waals surface area contributed by atoms with Crippen molar-refractivity contribution in [2.24, 2.45) is 5.92 Å². The maximum Gasteiger partial charge on any atom is 0.433 e. The number of hydrogen-bond acceptors (Lipinski definition) is 7. The van der Waals surface area contributed by atoms with E-state index in [2.05, 4.69) is 36.9 Å². The van der Waals surface area contributed by atoms with Gasteiger partial charge < -0.3 is 5.32 Å². The van der Waals surface area contributed by atoms with Gasteiger partial charge in [0.25, 0.3) is 0 Å². The Hall–Kier alpha value is -2.10. The second kappa shape index (κ2) is 8.73. The quantitative estimate of drug-likeness (QED) is 0.471. The first-order valence-electron chi connectivity index (χ1n) is 8.88. The Bertz CT molecular complexity index is 767. The lowest BCUT2D eigenvalue weighted by molar-refractivity contribution is -0.141. The van der Waals surface area contributed by atoms with Crippen molar-refractivity contribution in [2.45, 2.75) is 38.8 Å². The molecule has 10 heteroatoms. The minimum atomic E-state index is -4.52. The van der Waals surface area contributed by atoms with E-state index in [4.69, 9.17) is 0 Å². The van der Waals surface area contributed by atoms with E-state index in [1.54, 1.807) is 0 Å². The summed E-state index contributed by atoms with van der Waals surface area (Å²) in [5.41, 5.74) is -0.914. The third-order valence-corrected chi connectivity index (χ3v) is 4.73. The molecule has 0 aromatic carbocycles. The van der Waals surface area contributed by atoms with E-state index in [1.807, 2.05) is 0 Å². The van der Waals surface area contributed by atoms with E-state index in [1.165, 1.54) is 24.1 Å². The highest BCUT2D eigenvalue weighted by Gasteiger charge is 2.32. The summed E-state index contributed by atoms with van der Waals surface area (Å²) in [6, 6.07) is 3.69. The first-order chi connectivity index (χ1) is 13.0. The number of rotatable bonds is 9. The molecule has 1 saturated carbocycles. The van der Waals surface area contributed by atoms with Crippen molar-refractivity contribution in [3.63, 3.8) is 0 Å². The minimum absolute atomic E-state index is 0.0586. The largest absolute Gasteiger partial charge is 0.433 e. The Labute approximate surface area is 160 Å². The molecular formula is C17H21F3N6S. The summed E-state index contributed by atoms with van der Waals surface area (Å²) in [6.45, 7) is 2.84. The van der Waals surface area contributed by atoms with Crippen LogP contribution in [0.15, 0.2) is 18.2 Å². The minimum Gasteiger partial charge on any atom is -0.354 e. The normalized spacial score (nSPS) is 14.2. The lowest BCUT2D eigenvalue weighted by atomic mass is 10.3. The van der Waals surface area contributed by atoms with Crippen LogP contribution in [-0.2, 0) is 6.18 Å². The number of unbranched alkanes of at least 4 members (excludes halogenated alkanes) is 1. The summed E-state index contributed by atoms with van der Waals surface area (Å²) in [5.74, 6) is 2.23. The predicted octanol–water partition coefficient (Wildman–Crippen LogP) is 4.63. The predicted molar refractivity (Wildman–Crippen MR) is 100 cm³/mol. The fourth-order valence-electron chi connectivity index (χ4n) is 2.22. The first kappa shape index (κ1) is 19.7. The lowest BCUT2D eigenvalue weighted by Crippen LogP contribution is -2.12. The van der Waals surface area contributed by atoms with Crippen LogP contribution in [0.3, 0.4) is 0 Å². The van der Waals surface area contributed by atoms with Gasteiger partial charge >= 0.3 is 6.18 Å². The fourth-order valence-corrected chi connectivity index (χ4v) is 2.98. The molecule has 2 aromatic rings. The number of nitrogens with one attached hydrogen (secondary N) is 2. The van der Waals surface area contributed by atoms with Gasteiger partial charge in [0.15, 0.2) is 5.82 Å². The van der Waals surface area contributed by atoms with Crippen molar-refractivity contribution in [2.75, 3.05) is 22.3 Å². The summed E-state index contributed by atoms with van der Waals surface area (Å²) in [4.78, 5) is 16.5. The first-order valence-corrected chi connectivity index (χ1v) is 9.86. The average Bonchev–Trinajstić information content (AvgIpc) is 3.47. The van der Waals surface area contributed by atoms with Gasteiger partial charge in [-0.25, -0.2) is 4.98 Å². The van der Waals surface area contributed by atoms with E-state index in [-0.39, 0.29) is 11.5 Å². The molecule has 1 aliphatic carbocycles. The second-order valence-electron chi connectivity index (χ2n) is 6.34. The van der Waals surface area contributed by atoms with Crippen LogP contribution in [0.25, 0.3) is 11.5 Å². The summed E-state index contributed by atoms with van der Waals surface area (Å²) in [7, 11) is 0. The zero-order valence-electron chi connectivity index (χ0n) is 14.9. The number of hydrogen-bond donors (Lipinski definition) is 2. The van der Waals surface area contributed by atoms with E-state index < -0.39 is 11.9 Å². The molecule has 2 aromatic heterocycles. The Balaban J connectivity index is 1.84. The third-order valence-electron chi connectivity index (χ3n) is 3.91. The molecule has 0 radical (unpaired) electrons. The molecule has 1 fully saturated rings. The summed E-state index contributed by atoms with van der Waals surface area (Å²) < 4.78 is 41.9. The molecule has 0 spiro atoms. The van der Waals surface area contributed by atoms with Crippen LogP contribution in [-0.4, -0.2) is 32.2 Å². The standard InChI is InChI=1S/C17H21F3N6S/c1-2-3-9-27-26-16-24-14(23-15(25-16)21-10-11-7-8-11)12-5-4-6-13(22-12)17(18,19)20/h4-6,11H,2-3,7-10H2,1H3,(H2,21,23,24,25,26). The zero-order valence-corrected chi connectivity index (χ0v) is 15.7. The average molecular weight is 398 g/mol. The topological polar surface area (TPSA) is 75.6 Å². The SMILES string of the molecule is CCCCSNc1nc(NCC2CC2)nc(-c2cccc(C(F)(F)F)n2)n1. The summed E-state index contributed by atoms with van der Waals surface area (Å²) in [5, 5.41) is 3.14. The Kier molecular flexibility index (Phi) is 6.35. The van der Waals surface area contributed by atoms with Crippen molar-refractivity contribution in [1.29, 1.82) is 0 Å². The van der Waals surface area contributed by atoms with Gasteiger partial charge in [0, 0.05) is 12.3 Å². The highest BCUT2D eigenvalue weighted by molar-refractivity contribution is 8.00. The van der Waals surface area contributed by atoms with Gasteiger partial charge in [0.05, 0.1) is 0 Å². The molecule has 0 saturated heterocycles. The number of pyridine rings is 1. The monoisotopic (exact) mass is 398 g/mol. The molecule has 0 atom stereocenters. The number of anilines is 2. The van der Waals surface area contributed by atoms with Crippen LogP contribution >= 0.6 is 11.9 Å². The van der Waals surface area contributed by atoms with E-state index >= 15 is 0 Å². The lowest BCUT2D eigenvalue weighted by Gasteiger charge is -2.11. The van der Waals surface area contributed by atoms with E-state index in [0.717, 1.165) is 44.0 Å². The van der Waals surface area contributed by atoms with Gasteiger partial charge in [-0.2, -0.15) is 28.1 Å². The van der Waals surface area contributed by atoms with E-state index in [0.29, 0.717) is 17.8 Å². The van der Waals surface area contributed by atoms with Gasteiger partial charge in [-0.1, -0.05) is 31.4 Å². The number of alkyl halides is 3. The molecule has 146 valence electrons. The Morgan fingerprint density at radius 2 is 1.89 bits per heavy atom. The van der Waals surface area contributed by atoms with Crippen molar-refractivity contribution in [3.05, 3.63) is 23.9 Å². The van der Waals surface area contributed by atoms with Crippen LogP contribution in [0.2, 0.25) is 0 Å². The molecule has 1 aliphatic rings. The molecule has 0 aliphatic heterocycles. The molecule has 3 rings (SSSR count). The van der Waals surface area contributed by atoms with Crippen molar-refractivity contribution >= 4 is 23.8 Å². The van der Waals surface area contributed by atoms with Crippen molar-refractivity contribution in [1.82, 2.24) is 19.9 Å². The molecule has 0 bridgehead atoms. The van der Waals surface area contributed by atoms with Gasteiger partial charge in [-0.15, -0.1) is 0 Å². The van der Waals surface area contributed by atoms with Crippen LogP contribution < -0.4 is 10.0 Å². The van der Waals surface area contributed by atoms with Crippen molar-refractivity contribution < 1.29 is 13.2 Å². The third kappa shape index (κ3) is 5.95.